The summed E-state index contributed by atoms with van der Waals surface area (Å²) in [6.45, 7) is 2.17. The summed E-state index contributed by atoms with van der Waals surface area (Å²) in [7, 11) is 0. The number of hydrogen-bond donors (Lipinski definition) is 2. The van der Waals surface area contributed by atoms with Crippen LogP contribution in [0.3, 0.4) is 0 Å². The first-order valence-electron chi connectivity index (χ1n) is 8.41. The quantitative estimate of drug-likeness (QED) is 0.718. The molecule has 1 heterocycles. The maximum Gasteiger partial charge on any atom is 0.251 e. The zero-order chi connectivity index (χ0) is 18.4. The van der Waals surface area contributed by atoms with Gasteiger partial charge in [-0.25, -0.2) is 4.98 Å². The molecule has 2 aromatic carbocycles. The molecular formula is C20H20N4O2. The minimum absolute atomic E-state index is 0.0863. The fourth-order valence-corrected chi connectivity index (χ4v) is 2.58. The summed E-state index contributed by atoms with van der Waals surface area (Å²) in [5, 5.41) is 5.69. The topological polar surface area (TPSA) is 76.0 Å². The number of amides is 2. The Balaban J connectivity index is 1.70. The summed E-state index contributed by atoms with van der Waals surface area (Å²) in [6.07, 6.45) is 5.69. The van der Waals surface area contributed by atoms with E-state index in [-0.39, 0.29) is 11.8 Å². The van der Waals surface area contributed by atoms with Gasteiger partial charge >= 0.3 is 0 Å². The monoisotopic (exact) mass is 348 g/mol. The second-order valence-corrected chi connectivity index (χ2v) is 5.76. The third-order valence-corrected chi connectivity index (χ3v) is 3.94. The zero-order valence-electron chi connectivity index (χ0n) is 14.5. The van der Waals surface area contributed by atoms with Crippen LogP contribution in [-0.2, 0) is 11.3 Å². The lowest BCUT2D eigenvalue weighted by Crippen LogP contribution is -2.23. The molecule has 0 radical (unpaired) electrons. The maximum atomic E-state index is 12.5. The zero-order valence-corrected chi connectivity index (χ0v) is 14.5. The molecule has 0 saturated carbocycles. The number of hydrogen-bond acceptors (Lipinski definition) is 3. The van der Waals surface area contributed by atoms with Crippen LogP contribution in [0.1, 0.15) is 29.3 Å². The largest absolute Gasteiger partial charge is 0.348 e. The molecule has 132 valence electrons. The van der Waals surface area contributed by atoms with Crippen molar-refractivity contribution in [1.29, 1.82) is 0 Å². The van der Waals surface area contributed by atoms with E-state index in [4.69, 9.17) is 0 Å². The van der Waals surface area contributed by atoms with E-state index in [9.17, 15) is 9.59 Å². The van der Waals surface area contributed by atoms with Crippen molar-refractivity contribution in [1.82, 2.24) is 14.9 Å². The van der Waals surface area contributed by atoms with Crippen molar-refractivity contribution in [2.24, 2.45) is 0 Å². The number of nitrogens with one attached hydrogen (secondary N) is 2. The molecule has 0 aliphatic heterocycles. The lowest BCUT2D eigenvalue weighted by atomic mass is 10.1. The van der Waals surface area contributed by atoms with Crippen LogP contribution in [0.5, 0.6) is 0 Å². The summed E-state index contributed by atoms with van der Waals surface area (Å²) in [5.74, 6) is -0.283. The first kappa shape index (κ1) is 17.4. The number of aromatic nitrogens is 2. The van der Waals surface area contributed by atoms with Gasteiger partial charge in [-0.1, -0.05) is 31.2 Å². The second kappa shape index (κ2) is 8.11. The van der Waals surface area contributed by atoms with E-state index in [1.165, 1.54) is 0 Å². The molecule has 6 heteroatoms. The predicted octanol–water partition coefficient (Wildman–Crippen LogP) is 3.15. The molecule has 0 atom stereocenters. The Morgan fingerprint density at radius 3 is 2.73 bits per heavy atom. The van der Waals surface area contributed by atoms with Gasteiger partial charge in [0.05, 0.1) is 12.0 Å². The minimum Gasteiger partial charge on any atom is -0.348 e. The molecule has 0 saturated heterocycles. The number of carbonyl (C=O) groups is 2. The molecule has 0 aliphatic rings. The summed E-state index contributed by atoms with van der Waals surface area (Å²) in [6, 6.07) is 14.7. The smallest absolute Gasteiger partial charge is 0.251 e. The number of para-hydroxylation sites is 1. The maximum absolute atomic E-state index is 12.5. The third-order valence-electron chi connectivity index (χ3n) is 3.94. The number of carbonyl (C=O) groups excluding carboxylic acids is 2. The Morgan fingerprint density at radius 2 is 1.96 bits per heavy atom. The first-order chi connectivity index (χ1) is 12.7. The van der Waals surface area contributed by atoms with E-state index in [1.807, 2.05) is 35.0 Å². The predicted molar refractivity (Wildman–Crippen MR) is 100 cm³/mol. The van der Waals surface area contributed by atoms with Crippen molar-refractivity contribution >= 4 is 17.5 Å². The fourth-order valence-electron chi connectivity index (χ4n) is 2.58. The first-order valence-corrected chi connectivity index (χ1v) is 8.41. The molecule has 3 aromatic rings. The van der Waals surface area contributed by atoms with Crippen molar-refractivity contribution < 1.29 is 9.59 Å². The van der Waals surface area contributed by atoms with Crippen LogP contribution < -0.4 is 10.6 Å². The van der Waals surface area contributed by atoms with Crippen LogP contribution in [0.2, 0.25) is 0 Å². The molecule has 0 fully saturated rings. The number of benzene rings is 2. The van der Waals surface area contributed by atoms with Crippen molar-refractivity contribution in [2.45, 2.75) is 19.9 Å². The van der Waals surface area contributed by atoms with E-state index in [1.54, 1.807) is 43.7 Å². The van der Waals surface area contributed by atoms with Gasteiger partial charge in [0.25, 0.3) is 5.91 Å². The van der Waals surface area contributed by atoms with E-state index in [0.717, 1.165) is 11.3 Å². The van der Waals surface area contributed by atoms with E-state index >= 15 is 0 Å². The average molecular weight is 348 g/mol. The Labute approximate surface area is 151 Å². The van der Waals surface area contributed by atoms with Crippen LogP contribution >= 0.6 is 0 Å². The second-order valence-electron chi connectivity index (χ2n) is 5.76. The Bertz CT molecular complexity index is 904. The van der Waals surface area contributed by atoms with Crippen LogP contribution in [0.4, 0.5) is 5.69 Å². The lowest BCUT2D eigenvalue weighted by Gasteiger charge is -2.12. The highest BCUT2D eigenvalue weighted by molar-refractivity contribution is 5.97. The van der Waals surface area contributed by atoms with Crippen molar-refractivity contribution in [3.8, 4) is 5.69 Å². The molecular weight excluding hydrogens is 328 g/mol. The number of anilines is 1. The highest BCUT2D eigenvalue weighted by Crippen LogP contribution is 2.15. The molecule has 0 aliphatic carbocycles. The Hall–Kier alpha value is -3.41. The molecule has 2 amide bonds. The van der Waals surface area contributed by atoms with Gasteiger partial charge in [0.2, 0.25) is 5.91 Å². The minimum atomic E-state index is -0.196. The highest BCUT2D eigenvalue weighted by atomic mass is 16.2. The summed E-state index contributed by atoms with van der Waals surface area (Å²) >= 11 is 0. The van der Waals surface area contributed by atoms with Crippen LogP contribution in [0.25, 0.3) is 5.69 Å². The van der Waals surface area contributed by atoms with Crippen LogP contribution in [0, 0.1) is 0 Å². The van der Waals surface area contributed by atoms with Crippen LogP contribution in [-0.4, -0.2) is 21.4 Å². The summed E-state index contributed by atoms with van der Waals surface area (Å²) in [4.78, 5) is 28.0. The van der Waals surface area contributed by atoms with Crippen LogP contribution in [0.15, 0.2) is 67.3 Å². The highest BCUT2D eigenvalue weighted by Gasteiger charge is 2.09. The molecule has 2 N–H and O–H groups in total. The molecule has 1 aromatic heterocycles. The van der Waals surface area contributed by atoms with Crippen molar-refractivity contribution in [3.05, 3.63) is 78.4 Å². The van der Waals surface area contributed by atoms with Gasteiger partial charge in [0, 0.05) is 36.6 Å². The number of nitrogens with zero attached hydrogens (tertiary/aromatic N) is 2. The molecule has 26 heavy (non-hydrogen) atoms. The van der Waals surface area contributed by atoms with Crippen molar-refractivity contribution in [3.63, 3.8) is 0 Å². The molecule has 0 bridgehead atoms. The molecule has 0 unspecified atom stereocenters. The summed E-state index contributed by atoms with van der Waals surface area (Å²) in [5.41, 5.74) is 3.06. The van der Waals surface area contributed by atoms with E-state index in [2.05, 4.69) is 15.6 Å². The lowest BCUT2D eigenvalue weighted by molar-refractivity contribution is -0.115. The molecule has 6 nitrogen and oxygen atoms in total. The Morgan fingerprint density at radius 1 is 1.12 bits per heavy atom. The van der Waals surface area contributed by atoms with Gasteiger partial charge in [-0.2, -0.15) is 0 Å². The molecule has 0 spiro atoms. The Kier molecular flexibility index (Phi) is 5.43. The third kappa shape index (κ3) is 4.16. The van der Waals surface area contributed by atoms with Gasteiger partial charge in [-0.3, -0.25) is 9.59 Å². The average Bonchev–Trinajstić information content (AvgIpc) is 3.21. The number of imidazole rings is 1. The van der Waals surface area contributed by atoms with Crippen molar-refractivity contribution in [2.75, 3.05) is 5.32 Å². The summed E-state index contributed by atoms with van der Waals surface area (Å²) < 4.78 is 1.91. The normalized spacial score (nSPS) is 10.3. The van der Waals surface area contributed by atoms with Gasteiger partial charge in [0.1, 0.15) is 0 Å². The van der Waals surface area contributed by atoms with E-state index in [0.29, 0.717) is 24.2 Å². The number of rotatable bonds is 6. The standard InChI is InChI=1S/C20H20N4O2/c1-2-19(25)23-17-8-5-7-15(12-17)20(26)22-13-16-6-3-4-9-18(16)24-11-10-21-14-24/h3-12,14H,2,13H2,1H3,(H,22,26)(H,23,25). The van der Waals surface area contributed by atoms with Gasteiger partial charge < -0.3 is 15.2 Å². The SMILES string of the molecule is CCC(=O)Nc1cccc(C(=O)NCc2ccccc2-n2ccnc2)c1. The fraction of sp³-hybridized carbons (Fsp3) is 0.150. The van der Waals surface area contributed by atoms with Gasteiger partial charge in [-0.05, 0) is 29.8 Å². The van der Waals surface area contributed by atoms with Gasteiger partial charge in [-0.15, -0.1) is 0 Å². The van der Waals surface area contributed by atoms with E-state index < -0.39 is 0 Å². The van der Waals surface area contributed by atoms with Gasteiger partial charge in [0.15, 0.2) is 0 Å². The molecule has 3 rings (SSSR count).